The molecule has 5 aliphatic rings. The number of hydrogen-bond donors (Lipinski definition) is 6. The zero-order chi connectivity index (χ0) is 31.2. The molecule has 230 valence electrons. The van der Waals surface area contributed by atoms with Crippen LogP contribution in [0.4, 0.5) is 10.5 Å². The van der Waals surface area contributed by atoms with E-state index in [0.29, 0.717) is 17.9 Å². The summed E-state index contributed by atoms with van der Waals surface area (Å²) in [6.07, 6.45) is 0.620. The lowest BCUT2D eigenvalue weighted by molar-refractivity contribution is -0.230. The average molecular weight is 604 g/mol. The van der Waals surface area contributed by atoms with Crippen LogP contribution in [0.2, 0.25) is 0 Å². The highest BCUT2D eigenvalue weighted by Crippen LogP contribution is 2.45. The maximum atomic E-state index is 13.6. The van der Waals surface area contributed by atoms with Gasteiger partial charge in [0, 0.05) is 18.7 Å². The fourth-order valence-corrected chi connectivity index (χ4v) is 6.98. The number of para-hydroxylation sites is 2. The van der Waals surface area contributed by atoms with E-state index in [-0.39, 0.29) is 37.1 Å². The Balaban J connectivity index is 1.16. The van der Waals surface area contributed by atoms with Gasteiger partial charge in [-0.3, -0.25) is 19.4 Å². The molecule has 0 aromatic heterocycles. The number of nitrogens with one attached hydrogen (secondary N) is 2. The summed E-state index contributed by atoms with van der Waals surface area (Å²) in [6.45, 7) is 3.29. The highest BCUT2D eigenvalue weighted by molar-refractivity contribution is 6.12. The Morgan fingerprint density at radius 3 is 2.61 bits per heavy atom. The zero-order valence-electron chi connectivity index (χ0n) is 24.1. The maximum absolute atomic E-state index is 13.6. The minimum absolute atomic E-state index is 0.0995. The summed E-state index contributed by atoms with van der Waals surface area (Å²) in [5, 5.41) is 29.2. The molecule has 0 aliphatic carbocycles. The van der Waals surface area contributed by atoms with Gasteiger partial charge in [-0.15, -0.1) is 0 Å². The van der Waals surface area contributed by atoms with E-state index in [2.05, 4.69) is 20.6 Å². The minimum Gasteiger partial charge on any atom is -0.486 e. The van der Waals surface area contributed by atoms with Crippen LogP contribution >= 0.6 is 0 Å². The van der Waals surface area contributed by atoms with Crippen molar-refractivity contribution in [3.8, 4) is 5.75 Å². The predicted molar refractivity (Wildman–Crippen MR) is 158 cm³/mol. The summed E-state index contributed by atoms with van der Waals surface area (Å²) in [5.74, 6) is -3.49. The first-order valence-corrected chi connectivity index (χ1v) is 14.3. The van der Waals surface area contributed by atoms with Crippen LogP contribution in [-0.4, -0.2) is 105 Å². The average Bonchev–Trinajstić information content (AvgIpc) is 3.65. The number of aliphatic imine (C=N–C) groups is 2. The number of carbonyl (C=O) groups is 3. The van der Waals surface area contributed by atoms with Crippen molar-refractivity contribution in [2.24, 2.45) is 21.5 Å². The topological polar surface area (TPSA) is 211 Å². The quantitative estimate of drug-likeness (QED) is 0.175. The van der Waals surface area contributed by atoms with Crippen molar-refractivity contribution in [3.63, 3.8) is 0 Å². The zero-order valence-corrected chi connectivity index (χ0v) is 24.1. The van der Waals surface area contributed by atoms with E-state index in [1.54, 1.807) is 42.5 Å². The smallest absolute Gasteiger partial charge is 0.331 e. The molecule has 2 aromatic carbocycles. The third kappa shape index (κ3) is 3.92. The SMILES string of the molecule is CC1(C)Cc2cccc(C(=O)NC3CN4C(N)=N[C@@H](CN5C(=O)CN(c6ccccc6)C5=O)C5N=C(N)NC54C3(O)O)c2O1. The fourth-order valence-electron chi connectivity index (χ4n) is 6.98. The van der Waals surface area contributed by atoms with Crippen LogP contribution in [0.15, 0.2) is 58.5 Å². The van der Waals surface area contributed by atoms with Crippen molar-refractivity contribution >= 4 is 35.5 Å². The maximum Gasteiger partial charge on any atom is 0.331 e. The number of ether oxygens (including phenoxy) is 1. The summed E-state index contributed by atoms with van der Waals surface area (Å²) in [5.41, 5.74) is 11.8. The largest absolute Gasteiger partial charge is 0.486 e. The molecular formula is C29H33N9O6. The molecule has 0 bridgehead atoms. The van der Waals surface area contributed by atoms with Crippen LogP contribution in [0.25, 0.3) is 0 Å². The molecular weight excluding hydrogens is 570 g/mol. The third-order valence-corrected chi connectivity index (χ3v) is 8.94. The van der Waals surface area contributed by atoms with Gasteiger partial charge in [-0.1, -0.05) is 30.3 Å². The van der Waals surface area contributed by atoms with Crippen LogP contribution in [0.5, 0.6) is 5.75 Å². The summed E-state index contributed by atoms with van der Waals surface area (Å²) in [6, 6.07) is 10.1. The molecule has 4 atom stereocenters. The van der Waals surface area contributed by atoms with E-state index in [9.17, 15) is 24.6 Å². The Morgan fingerprint density at radius 2 is 1.86 bits per heavy atom. The standard InChI is InChI=1S/C29H33N9O6/c1-27(2)11-15-7-6-10-17(21(15)44-27)23(40)33-19-13-38-25(31)32-18(22-28(38,29(19,42)43)35-24(30)34-22)12-37-20(39)14-36(26(37)41)16-8-4-3-5-9-16/h3-10,18-19,22,42-43H,11-14H2,1-2H3,(H2,31,32)(H,33,40)(H3,30,34,35)/t18-,19?,22?,28?/m0/s1. The second kappa shape index (κ2) is 9.30. The third-order valence-electron chi connectivity index (χ3n) is 8.94. The van der Waals surface area contributed by atoms with Crippen molar-refractivity contribution in [2.75, 3.05) is 24.5 Å². The number of carbonyl (C=O) groups excluding carboxylic acids is 3. The summed E-state index contributed by atoms with van der Waals surface area (Å²) < 4.78 is 6.04. The molecule has 5 aliphatic heterocycles. The number of anilines is 1. The number of fused-ring (bicyclic) bond motifs is 1. The van der Waals surface area contributed by atoms with E-state index in [1.165, 1.54) is 9.80 Å². The first-order chi connectivity index (χ1) is 20.8. The molecule has 0 radical (unpaired) electrons. The molecule has 2 aromatic rings. The molecule has 7 rings (SSSR count). The predicted octanol–water partition coefficient (Wildman–Crippen LogP) is -1.36. The number of amides is 4. The van der Waals surface area contributed by atoms with Crippen LogP contribution in [0, 0.1) is 0 Å². The van der Waals surface area contributed by atoms with E-state index in [4.69, 9.17) is 16.2 Å². The van der Waals surface area contributed by atoms with Crippen molar-refractivity contribution in [2.45, 2.75) is 55.4 Å². The van der Waals surface area contributed by atoms with Gasteiger partial charge >= 0.3 is 6.03 Å². The van der Waals surface area contributed by atoms with Crippen molar-refractivity contribution in [1.82, 2.24) is 20.4 Å². The first-order valence-electron chi connectivity index (χ1n) is 14.3. The van der Waals surface area contributed by atoms with Gasteiger partial charge in [-0.25, -0.2) is 14.8 Å². The van der Waals surface area contributed by atoms with E-state index in [0.717, 1.165) is 10.5 Å². The Labute approximate surface area is 252 Å². The van der Waals surface area contributed by atoms with Gasteiger partial charge < -0.3 is 42.0 Å². The van der Waals surface area contributed by atoms with Gasteiger partial charge in [-0.2, -0.15) is 0 Å². The Kier molecular flexibility index (Phi) is 5.90. The van der Waals surface area contributed by atoms with Gasteiger partial charge in [0.05, 0.1) is 18.2 Å². The van der Waals surface area contributed by atoms with Crippen molar-refractivity contribution in [1.29, 1.82) is 0 Å². The van der Waals surface area contributed by atoms with Crippen LogP contribution in [0.1, 0.15) is 29.8 Å². The highest BCUT2D eigenvalue weighted by Gasteiger charge is 2.73. The molecule has 1 spiro atoms. The van der Waals surface area contributed by atoms with E-state index >= 15 is 0 Å². The molecule has 2 saturated heterocycles. The number of rotatable bonds is 5. The second-order valence-electron chi connectivity index (χ2n) is 12.3. The number of benzene rings is 2. The Hall–Kier alpha value is -4.89. The molecule has 5 heterocycles. The number of nitrogens with zero attached hydrogens (tertiary/aromatic N) is 5. The minimum atomic E-state index is -2.69. The summed E-state index contributed by atoms with van der Waals surface area (Å²) in [7, 11) is 0. The molecule has 15 nitrogen and oxygen atoms in total. The lowest BCUT2D eigenvalue weighted by Gasteiger charge is -2.49. The number of nitrogens with two attached hydrogens (primary N) is 2. The van der Waals surface area contributed by atoms with Gasteiger partial charge in [-0.05, 0) is 37.6 Å². The molecule has 3 unspecified atom stereocenters. The monoisotopic (exact) mass is 603 g/mol. The Morgan fingerprint density at radius 1 is 1.11 bits per heavy atom. The van der Waals surface area contributed by atoms with Gasteiger partial charge in [0.15, 0.2) is 17.6 Å². The molecule has 44 heavy (non-hydrogen) atoms. The lowest BCUT2D eigenvalue weighted by atomic mass is 9.84. The summed E-state index contributed by atoms with van der Waals surface area (Å²) in [4.78, 5) is 52.6. The van der Waals surface area contributed by atoms with Gasteiger partial charge in [0.25, 0.3) is 11.8 Å². The second-order valence-corrected chi connectivity index (χ2v) is 12.3. The number of aliphatic hydroxyl groups is 2. The summed E-state index contributed by atoms with van der Waals surface area (Å²) >= 11 is 0. The van der Waals surface area contributed by atoms with Crippen molar-refractivity contribution in [3.05, 3.63) is 59.7 Å². The van der Waals surface area contributed by atoms with E-state index in [1.807, 2.05) is 19.9 Å². The lowest BCUT2D eigenvalue weighted by Crippen LogP contribution is -2.78. The van der Waals surface area contributed by atoms with Crippen LogP contribution in [0.3, 0.4) is 0 Å². The molecule has 8 N–H and O–H groups in total. The number of hydrogen-bond acceptors (Lipinski definition) is 12. The molecule has 0 saturated carbocycles. The normalized spacial score (nSPS) is 29.4. The van der Waals surface area contributed by atoms with Crippen LogP contribution < -0.4 is 31.7 Å². The Bertz CT molecular complexity index is 1640. The number of urea groups is 1. The van der Waals surface area contributed by atoms with Gasteiger partial charge in [0.1, 0.15) is 30.0 Å². The number of imide groups is 1. The van der Waals surface area contributed by atoms with Crippen molar-refractivity contribution < 1.29 is 29.3 Å². The molecule has 4 amide bonds. The van der Waals surface area contributed by atoms with Gasteiger partial charge in [0.2, 0.25) is 5.79 Å². The fraction of sp³-hybridized carbons (Fsp3) is 0.414. The molecule has 15 heteroatoms. The number of guanidine groups is 2. The van der Waals surface area contributed by atoms with E-state index < -0.39 is 53.0 Å². The highest BCUT2D eigenvalue weighted by atomic mass is 16.5. The van der Waals surface area contributed by atoms with Crippen LogP contribution in [-0.2, 0) is 11.2 Å². The first kappa shape index (κ1) is 27.9. The molecule has 2 fully saturated rings.